The lowest BCUT2D eigenvalue weighted by molar-refractivity contribution is -0.142. The Bertz CT molecular complexity index is 1250. The average molecular weight is 431 g/mol. The number of aromatic amines is 1. The van der Waals surface area contributed by atoms with Crippen molar-refractivity contribution < 1.29 is 18.7 Å². The first-order valence-corrected chi connectivity index (χ1v) is 10.2. The van der Waals surface area contributed by atoms with Crippen molar-refractivity contribution in [1.82, 2.24) is 4.98 Å². The van der Waals surface area contributed by atoms with E-state index in [2.05, 4.69) is 15.6 Å². The van der Waals surface area contributed by atoms with Gasteiger partial charge in [-0.15, -0.1) is 0 Å². The molecule has 0 saturated carbocycles. The minimum Gasteiger partial charge on any atom is -0.466 e. The predicted octanol–water partition coefficient (Wildman–Crippen LogP) is 5.72. The van der Waals surface area contributed by atoms with Crippen molar-refractivity contribution in [2.24, 2.45) is 0 Å². The fourth-order valence-electron chi connectivity index (χ4n) is 3.37. The van der Waals surface area contributed by atoms with Gasteiger partial charge >= 0.3 is 12.0 Å². The predicted molar refractivity (Wildman–Crippen MR) is 123 cm³/mol. The van der Waals surface area contributed by atoms with Gasteiger partial charge in [-0.25, -0.2) is 9.18 Å². The molecule has 1 heterocycles. The third-order valence-electron chi connectivity index (χ3n) is 4.90. The Balaban J connectivity index is 1.35. The third-order valence-corrected chi connectivity index (χ3v) is 4.90. The molecule has 6 nitrogen and oxygen atoms in total. The number of fused-ring (bicyclic) bond motifs is 1. The normalized spacial score (nSPS) is 10.7. The highest BCUT2D eigenvalue weighted by atomic mass is 19.1. The van der Waals surface area contributed by atoms with Gasteiger partial charge in [0.2, 0.25) is 0 Å². The van der Waals surface area contributed by atoms with Crippen molar-refractivity contribution in [2.45, 2.75) is 13.3 Å². The molecule has 2 amide bonds. The quantitative estimate of drug-likeness (QED) is 0.341. The van der Waals surface area contributed by atoms with Gasteiger partial charge < -0.3 is 20.4 Å². The fraction of sp³-hybridized carbons (Fsp3) is 0.120. The molecule has 0 atom stereocenters. The summed E-state index contributed by atoms with van der Waals surface area (Å²) in [6.07, 6.45) is 0.192. The number of esters is 1. The number of amides is 2. The van der Waals surface area contributed by atoms with E-state index in [1.807, 2.05) is 18.2 Å². The van der Waals surface area contributed by atoms with Gasteiger partial charge in [0, 0.05) is 28.0 Å². The maximum Gasteiger partial charge on any atom is 0.323 e. The van der Waals surface area contributed by atoms with E-state index in [0.29, 0.717) is 18.0 Å². The molecule has 0 fully saturated rings. The summed E-state index contributed by atoms with van der Waals surface area (Å²) in [5.41, 5.74) is 4.69. The van der Waals surface area contributed by atoms with Crippen molar-refractivity contribution in [3.05, 3.63) is 84.2 Å². The third kappa shape index (κ3) is 5.13. The van der Waals surface area contributed by atoms with Crippen molar-refractivity contribution >= 4 is 34.3 Å². The molecule has 32 heavy (non-hydrogen) atoms. The molecule has 7 heteroatoms. The van der Waals surface area contributed by atoms with E-state index in [-0.39, 0.29) is 24.2 Å². The largest absolute Gasteiger partial charge is 0.466 e. The fourth-order valence-corrected chi connectivity index (χ4v) is 3.37. The van der Waals surface area contributed by atoms with E-state index in [4.69, 9.17) is 4.74 Å². The van der Waals surface area contributed by atoms with Gasteiger partial charge in [0.25, 0.3) is 0 Å². The van der Waals surface area contributed by atoms with Crippen LogP contribution in [0.25, 0.3) is 22.2 Å². The molecule has 0 aliphatic carbocycles. The van der Waals surface area contributed by atoms with Gasteiger partial charge in [-0.05, 0) is 66.6 Å². The highest BCUT2D eigenvalue weighted by molar-refractivity contribution is 6.00. The van der Waals surface area contributed by atoms with Crippen LogP contribution in [0.15, 0.2) is 72.8 Å². The monoisotopic (exact) mass is 431 g/mol. The molecule has 4 rings (SSSR count). The Hall–Kier alpha value is -4.13. The van der Waals surface area contributed by atoms with Crippen molar-refractivity contribution in [3.8, 4) is 11.3 Å². The first-order valence-electron chi connectivity index (χ1n) is 10.2. The number of carbonyl (C=O) groups is 2. The molecule has 0 radical (unpaired) electrons. The zero-order valence-electron chi connectivity index (χ0n) is 17.4. The minimum absolute atomic E-state index is 0.192. The van der Waals surface area contributed by atoms with Crippen LogP contribution in [0.3, 0.4) is 0 Å². The smallest absolute Gasteiger partial charge is 0.323 e. The van der Waals surface area contributed by atoms with E-state index in [1.54, 1.807) is 49.4 Å². The number of anilines is 2. The van der Waals surface area contributed by atoms with Gasteiger partial charge in [0.05, 0.1) is 13.0 Å². The lowest BCUT2D eigenvalue weighted by atomic mass is 10.1. The molecule has 1 aromatic heterocycles. The van der Waals surface area contributed by atoms with E-state index in [9.17, 15) is 14.0 Å². The second-order valence-electron chi connectivity index (χ2n) is 7.25. The summed E-state index contributed by atoms with van der Waals surface area (Å²) >= 11 is 0. The summed E-state index contributed by atoms with van der Waals surface area (Å²) in [6, 6.07) is 20.5. The molecule has 3 aromatic carbocycles. The minimum atomic E-state index is -0.378. The number of ether oxygens (including phenoxy) is 1. The lowest BCUT2D eigenvalue weighted by Crippen LogP contribution is -2.19. The maximum atomic E-state index is 13.4. The second-order valence-corrected chi connectivity index (χ2v) is 7.25. The molecule has 0 aliphatic rings. The number of benzene rings is 3. The first kappa shape index (κ1) is 21.1. The number of hydrogen-bond donors (Lipinski definition) is 3. The van der Waals surface area contributed by atoms with E-state index in [0.717, 1.165) is 27.7 Å². The number of urea groups is 1. The zero-order valence-corrected chi connectivity index (χ0v) is 17.4. The van der Waals surface area contributed by atoms with Gasteiger partial charge in [0.1, 0.15) is 5.82 Å². The standard InChI is InChI=1S/C25H22FN3O3/c1-2-32-24(30)13-16-3-8-20(9-4-16)27-25(31)28-21-10-5-17(6-11-21)23-15-18-14-19(26)7-12-22(18)29-23/h3-12,14-15,29H,2,13H2,1H3,(H2,27,28,31). The number of halogens is 1. The van der Waals surface area contributed by atoms with Crippen LogP contribution in [0.1, 0.15) is 12.5 Å². The Kier molecular flexibility index (Phi) is 6.17. The van der Waals surface area contributed by atoms with Crippen LogP contribution in [0.5, 0.6) is 0 Å². The van der Waals surface area contributed by atoms with Crippen LogP contribution >= 0.6 is 0 Å². The van der Waals surface area contributed by atoms with Crippen LogP contribution in [0.4, 0.5) is 20.6 Å². The van der Waals surface area contributed by atoms with Crippen LogP contribution in [0.2, 0.25) is 0 Å². The highest BCUT2D eigenvalue weighted by Gasteiger charge is 2.08. The molecule has 0 bridgehead atoms. The number of H-pyrrole nitrogens is 1. The molecule has 0 saturated heterocycles. The number of carbonyl (C=O) groups excluding carboxylic acids is 2. The highest BCUT2D eigenvalue weighted by Crippen LogP contribution is 2.26. The second kappa shape index (κ2) is 9.34. The molecular formula is C25H22FN3O3. The number of hydrogen-bond acceptors (Lipinski definition) is 3. The SMILES string of the molecule is CCOC(=O)Cc1ccc(NC(=O)Nc2ccc(-c3cc4cc(F)ccc4[nH]3)cc2)cc1. The lowest BCUT2D eigenvalue weighted by Gasteiger charge is -2.09. The summed E-state index contributed by atoms with van der Waals surface area (Å²) in [5, 5.41) is 6.34. The molecule has 0 spiro atoms. The van der Waals surface area contributed by atoms with Crippen LogP contribution in [-0.4, -0.2) is 23.6 Å². The zero-order chi connectivity index (χ0) is 22.5. The van der Waals surface area contributed by atoms with E-state index < -0.39 is 0 Å². The van der Waals surface area contributed by atoms with Crippen LogP contribution < -0.4 is 10.6 Å². The Morgan fingerprint density at radius 1 is 0.906 bits per heavy atom. The molecule has 3 N–H and O–H groups in total. The molecular weight excluding hydrogens is 409 g/mol. The van der Waals surface area contributed by atoms with Gasteiger partial charge in [-0.3, -0.25) is 4.79 Å². The van der Waals surface area contributed by atoms with Crippen LogP contribution in [0, 0.1) is 5.82 Å². The maximum absolute atomic E-state index is 13.4. The Morgan fingerprint density at radius 3 is 2.22 bits per heavy atom. The van der Waals surface area contributed by atoms with Gasteiger partial charge in [0.15, 0.2) is 0 Å². The molecule has 0 unspecified atom stereocenters. The summed E-state index contributed by atoms with van der Waals surface area (Å²) in [7, 11) is 0. The summed E-state index contributed by atoms with van der Waals surface area (Å²) in [4.78, 5) is 27.1. The summed E-state index contributed by atoms with van der Waals surface area (Å²) in [5.74, 6) is -0.559. The Morgan fingerprint density at radius 2 is 1.56 bits per heavy atom. The topological polar surface area (TPSA) is 83.2 Å². The van der Waals surface area contributed by atoms with E-state index >= 15 is 0 Å². The first-order chi connectivity index (χ1) is 15.5. The number of nitrogens with one attached hydrogen (secondary N) is 3. The average Bonchev–Trinajstić information content (AvgIpc) is 3.19. The van der Waals surface area contributed by atoms with E-state index in [1.165, 1.54) is 12.1 Å². The molecule has 162 valence electrons. The Labute approximate surface area is 184 Å². The van der Waals surface area contributed by atoms with Crippen molar-refractivity contribution in [2.75, 3.05) is 17.2 Å². The van der Waals surface area contributed by atoms with Crippen LogP contribution in [-0.2, 0) is 16.0 Å². The van der Waals surface area contributed by atoms with Crippen molar-refractivity contribution in [3.63, 3.8) is 0 Å². The summed E-state index contributed by atoms with van der Waals surface area (Å²) < 4.78 is 18.3. The van der Waals surface area contributed by atoms with Crippen molar-refractivity contribution in [1.29, 1.82) is 0 Å². The molecule has 0 aliphatic heterocycles. The number of aromatic nitrogens is 1. The number of rotatable bonds is 6. The van der Waals surface area contributed by atoms with Gasteiger partial charge in [-0.2, -0.15) is 0 Å². The van der Waals surface area contributed by atoms with Gasteiger partial charge in [-0.1, -0.05) is 24.3 Å². The summed E-state index contributed by atoms with van der Waals surface area (Å²) in [6.45, 7) is 2.11. The molecule has 4 aromatic rings.